The maximum atomic E-state index is 13.3. The molecule has 4 rings (SSSR count). The molecule has 0 spiro atoms. The Morgan fingerprint density at radius 3 is 2.28 bits per heavy atom. The van der Waals surface area contributed by atoms with Gasteiger partial charge in [-0.25, -0.2) is 8.42 Å². The van der Waals surface area contributed by atoms with E-state index in [-0.39, 0.29) is 30.2 Å². The van der Waals surface area contributed by atoms with Crippen LogP contribution in [0.15, 0.2) is 102 Å². The summed E-state index contributed by atoms with van der Waals surface area (Å²) in [5, 5.41) is 0. The molecule has 0 aromatic heterocycles. The largest absolute Gasteiger partial charge is 0.360 e. The van der Waals surface area contributed by atoms with Gasteiger partial charge in [0.15, 0.2) is 0 Å². The van der Waals surface area contributed by atoms with Crippen molar-refractivity contribution in [3.8, 4) is 11.8 Å². The number of sulfonamides is 1. The third-order valence-corrected chi connectivity index (χ3v) is 7.04. The summed E-state index contributed by atoms with van der Waals surface area (Å²) in [5.74, 6) is 6.05. The van der Waals surface area contributed by atoms with Crippen LogP contribution in [-0.4, -0.2) is 31.9 Å². The topological polar surface area (TPSA) is 49.9 Å². The fourth-order valence-electron chi connectivity index (χ4n) is 3.35. The van der Waals surface area contributed by atoms with Gasteiger partial charge in [-0.1, -0.05) is 90.2 Å². The maximum absolute atomic E-state index is 13.3. The summed E-state index contributed by atoms with van der Waals surface area (Å²) < 4.78 is 33.6. The summed E-state index contributed by atoms with van der Waals surface area (Å²) in [6.45, 7) is 2.26. The van der Waals surface area contributed by atoms with Gasteiger partial charge in [-0.2, -0.15) is 4.31 Å². The lowest BCUT2D eigenvalue weighted by molar-refractivity contribution is 0.393. The van der Waals surface area contributed by atoms with Gasteiger partial charge in [0.25, 0.3) is 0 Å². The van der Waals surface area contributed by atoms with E-state index in [1.807, 2.05) is 79.7 Å². The third-order valence-electron chi connectivity index (χ3n) is 5.21. The quantitative estimate of drug-likeness (QED) is 0.301. The third kappa shape index (κ3) is 5.54. The van der Waals surface area contributed by atoms with Crippen LogP contribution >= 0.6 is 0 Å². The molecule has 0 amide bonds. The molecule has 4 nitrogen and oxygen atoms in total. The highest BCUT2D eigenvalue weighted by Crippen LogP contribution is 2.39. The molecule has 0 N–H and O–H groups in total. The number of epoxide rings is 1. The van der Waals surface area contributed by atoms with Gasteiger partial charge in [0.05, 0.1) is 11.4 Å². The van der Waals surface area contributed by atoms with E-state index in [0.717, 1.165) is 16.7 Å². The van der Waals surface area contributed by atoms with Gasteiger partial charge in [0.1, 0.15) is 12.2 Å². The van der Waals surface area contributed by atoms with Crippen molar-refractivity contribution in [1.29, 1.82) is 0 Å². The molecule has 32 heavy (non-hydrogen) atoms. The lowest BCUT2D eigenvalue weighted by Gasteiger charge is -2.18. The van der Waals surface area contributed by atoms with Crippen molar-refractivity contribution < 1.29 is 13.2 Å². The van der Waals surface area contributed by atoms with Gasteiger partial charge in [0, 0.05) is 12.1 Å². The molecule has 3 aromatic rings. The molecule has 0 saturated carbocycles. The van der Waals surface area contributed by atoms with Crippen LogP contribution in [-0.2, 0) is 14.8 Å². The molecule has 0 radical (unpaired) electrons. The van der Waals surface area contributed by atoms with Gasteiger partial charge >= 0.3 is 0 Å². The lowest BCUT2D eigenvalue weighted by atomic mass is 10.1. The molecule has 1 aliphatic heterocycles. The highest BCUT2D eigenvalue weighted by Gasteiger charge is 2.37. The molecule has 1 fully saturated rings. The Hall–Kier alpha value is -3.17. The normalized spacial score (nSPS) is 17.8. The van der Waals surface area contributed by atoms with Gasteiger partial charge < -0.3 is 4.74 Å². The fourth-order valence-corrected chi connectivity index (χ4v) is 4.65. The Labute approximate surface area is 190 Å². The monoisotopic (exact) mass is 443 g/mol. The van der Waals surface area contributed by atoms with Gasteiger partial charge in [0.2, 0.25) is 10.0 Å². The zero-order valence-corrected chi connectivity index (χ0v) is 18.7. The van der Waals surface area contributed by atoms with Crippen molar-refractivity contribution in [2.24, 2.45) is 0 Å². The molecule has 0 unspecified atom stereocenters. The molecule has 3 aromatic carbocycles. The minimum Gasteiger partial charge on any atom is -0.360 e. The molecule has 1 heterocycles. The van der Waals surface area contributed by atoms with Gasteiger partial charge in [-0.05, 0) is 36.8 Å². The number of aryl methyl sites for hydroxylation is 1. The Kier molecular flexibility index (Phi) is 6.87. The van der Waals surface area contributed by atoms with E-state index in [2.05, 4.69) is 11.8 Å². The molecule has 1 saturated heterocycles. The predicted octanol–water partition coefficient (Wildman–Crippen LogP) is 4.73. The Balaban J connectivity index is 1.48. The molecular weight excluding hydrogens is 418 g/mol. The van der Waals surface area contributed by atoms with Crippen LogP contribution in [0.3, 0.4) is 0 Å². The van der Waals surface area contributed by atoms with Crippen molar-refractivity contribution >= 4 is 10.0 Å². The van der Waals surface area contributed by atoms with Gasteiger partial charge in [-0.15, -0.1) is 0 Å². The minimum atomic E-state index is -3.68. The summed E-state index contributed by atoms with van der Waals surface area (Å²) in [4.78, 5) is 0.267. The van der Waals surface area contributed by atoms with Crippen LogP contribution in [0.5, 0.6) is 0 Å². The number of hydrogen-bond acceptors (Lipinski definition) is 3. The second-order valence-corrected chi connectivity index (χ2v) is 9.58. The van der Waals surface area contributed by atoms with Crippen molar-refractivity contribution in [2.75, 3.05) is 13.1 Å². The van der Waals surface area contributed by atoms with Gasteiger partial charge in [-0.3, -0.25) is 0 Å². The van der Waals surface area contributed by atoms with Crippen molar-refractivity contribution in [3.05, 3.63) is 114 Å². The van der Waals surface area contributed by atoms with E-state index < -0.39 is 10.0 Å². The van der Waals surface area contributed by atoms with Crippen LogP contribution in [0.4, 0.5) is 0 Å². The number of ether oxygens (including phenoxy) is 1. The zero-order valence-electron chi connectivity index (χ0n) is 17.9. The molecule has 2 atom stereocenters. The number of nitrogens with zero attached hydrogens (tertiary/aromatic N) is 1. The average molecular weight is 444 g/mol. The maximum Gasteiger partial charge on any atom is 0.244 e. The smallest absolute Gasteiger partial charge is 0.244 e. The Morgan fingerprint density at radius 1 is 0.938 bits per heavy atom. The predicted molar refractivity (Wildman–Crippen MR) is 126 cm³/mol. The summed E-state index contributed by atoms with van der Waals surface area (Å²) in [5.41, 5.74) is 2.99. The van der Waals surface area contributed by atoms with Crippen LogP contribution in [0, 0.1) is 18.8 Å². The molecular formula is C27H25NO3S. The SMILES string of the molecule is Cc1ccc(S(=O)(=O)N(CC#Cc2ccccc2)C/C=C/[C@H]2O[C@@H]2c2ccccc2)cc1. The minimum absolute atomic E-state index is 0.0308. The van der Waals surface area contributed by atoms with E-state index in [9.17, 15) is 8.42 Å². The first kappa shape index (κ1) is 22.0. The van der Waals surface area contributed by atoms with E-state index in [4.69, 9.17) is 4.74 Å². The van der Waals surface area contributed by atoms with E-state index in [1.165, 1.54) is 4.31 Å². The molecule has 1 aliphatic rings. The van der Waals surface area contributed by atoms with Crippen molar-refractivity contribution in [2.45, 2.75) is 24.0 Å². The first-order valence-electron chi connectivity index (χ1n) is 10.5. The van der Waals surface area contributed by atoms with Crippen LogP contribution < -0.4 is 0 Å². The average Bonchev–Trinajstić information content (AvgIpc) is 3.59. The summed E-state index contributed by atoms with van der Waals surface area (Å²) >= 11 is 0. The molecule has 5 heteroatoms. The number of hydrogen-bond donors (Lipinski definition) is 0. The Morgan fingerprint density at radius 2 is 1.59 bits per heavy atom. The second kappa shape index (κ2) is 9.97. The summed E-state index contributed by atoms with van der Waals surface area (Å²) in [6.07, 6.45) is 3.79. The van der Waals surface area contributed by atoms with Crippen molar-refractivity contribution in [1.82, 2.24) is 4.31 Å². The second-order valence-electron chi connectivity index (χ2n) is 7.64. The van der Waals surface area contributed by atoms with E-state index >= 15 is 0 Å². The Bertz CT molecular complexity index is 1220. The van der Waals surface area contributed by atoms with Crippen LogP contribution in [0.25, 0.3) is 0 Å². The highest BCUT2D eigenvalue weighted by molar-refractivity contribution is 7.89. The summed E-state index contributed by atoms with van der Waals surface area (Å²) in [7, 11) is -3.68. The van der Waals surface area contributed by atoms with E-state index in [0.29, 0.717) is 0 Å². The van der Waals surface area contributed by atoms with Crippen molar-refractivity contribution in [3.63, 3.8) is 0 Å². The zero-order chi connectivity index (χ0) is 22.4. The standard InChI is InChI=1S/C27H25NO3S/c1-22-16-18-25(19-17-22)32(29,30)28(20-8-12-23-10-4-2-5-11-23)21-9-15-26-27(31-26)24-13-6-3-7-14-24/h2-7,9-11,13-19,26-27H,20-21H2,1H3/b15-9+/t26-,27-/m1/s1. The molecule has 162 valence electrons. The van der Waals surface area contributed by atoms with Crippen LogP contribution in [0.1, 0.15) is 22.8 Å². The first-order valence-corrected chi connectivity index (χ1v) is 12.0. The summed E-state index contributed by atoms with van der Waals surface area (Å²) in [6, 6.07) is 26.4. The molecule has 0 aliphatic carbocycles. The first-order chi connectivity index (χ1) is 15.5. The van der Waals surface area contributed by atoms with E-state index in [1.54, 1.807) is 24.3 Å². The highest BCUT2D eigenvalue weighted by atomic mass is 32.2. The number of rotatable bonds is 7. The molecule has 0 bridgehead atoms. The number of benzene rings is 3. The fraction of sp³-hybridized carbons (Fsp3) is 0.185. The lowest BCUT2D eigenvalue weighted by Crippen LogP contribution is -2.31. The van der Waals surface area contributed by atoms with Crippen LogP contribution in [0.2, 0.25) is 0 Å².